The number of urea groups is 1. The quantitative estimate of drug-likeness (QED) is 0.570. The highest BCUT2D eigenvalue weighted by Crippen LogP contribution is 2.12. The van der Waals surface area contributed by atoms with Gasteiger partial charge in [0.25, 0.3) is 0 Å². The molecule has 0 aliphatic heterocycles. The van der Waals surface area contributed by atoms with E-state index in [4.69, 9.17) is 5.11 Å². The van der Waals surface area contributed by atoms with Gasteiger partial charge in [0.15, 0.2) is 0 Å². The molecule has 7 heteroatoms. The molecule has 0 unspecified atom stereocenters. The van der Waals surface area contributed by atoms with Gasteiger partial charge in [-0.15, -0.1) is 0 Å². The molecule has 3 N–H and O–H groups in total. The van der Waals surface area contributed by atoms with Gasteiger partial charge in [-0.3, -0.25) is 9.59 Å². The van der Waals surface area contributed by atoms with Gasteiger partial charge in [0.1, 0.15) is 0 Å². The Morgan fingerprint density at radius 2 is 1.82 bits per heavy atom. The molecule has 0 aromatic heterocycles. The summed E-state index contributed by atoms with van der Waals surface area (Å²) in [4.78, 5) is 32.7. The van der Waals surface area contributed by atoms with Crippen LogP contribution in [0, 0.1) is 5.41 Å². The van der Waals surface area contributed by atoms with Crippen molar-refractivity contribution in [1.82, 2.24) is 10.6 Å². The topological polar surface area (TPSA) is 105 Å². The number of aliphatic carboxylic acids is 1. The first-order chi connectivity index (χ1) is 7.79. The van der Waals surface area contributed by atoms with Crippen molar-refractivity contribution in [3.8, 4) is 0 Å². The van der Waals surface area contributed by atoms with Gasteiger partial charge in [0.2, 0.25) is 0 Å². The van der Waals surface area contributed by atoms with Crippen molar-refractivity contribution in [2.75, 3.05) is 20.2 Å². The van der Waals surface area contributed by atoms with E-state index < -0.39 is 23.4 Å². The van der Waals surface area contributed by atoms with Gasteiger partial charge in [-0.2, -0.15) is 0 Å². The molecule has 0 aliphatic rings. The molecule has 0 aliphatic carbocycles. The van der Waals surface area contributed by atoms with Crippen LogP contribution in [0.5, 0.6) is 0 Å². The SMILES string of the molecule is COC(=O)CCNC(=O)NCC(C)(C)C(=O)O. The van der Waals surface area contributed by atoms with Crippen LogP contribution in [0.2, 0.25) is 0 Å². The van der Waals surface area contributed by atoms with Crippen molar-refractivity contribution >= 4 is 18.0 Å². The Morgan fingerprint density at radius 3 is 2.29 bits per heavy atom. The number of carboxylic acid groups (broad SMARTS) is 1. The summed E-state index contributed by atoms with van der Waals surface area (Å²) < 4.78 is 4.39. The second-order valence-electron chi connectivity index (χ2n) is 4.12. The number of hydrogen-bond donors (Lipinski definition) is 3. The third-order valence-electron chi connectivity index (χ3n) is 2.11. The lowest BCUT2D eigenvalue weighted by Crippen LogP contribution is -2.43. The van der Waals surface area contributed by atoms with Gasteiger partial charge in [0.05, 0.1) is 18.9 Å². The number of carbonyl (C=O) groups excluding carboxylic acids is 2. The molecule has 0 aromatic carbocycles. The van der Waals surface area contributed by atoms with E-state index in [2.05, 4.69) is 15.4 Å². The molecule has 0 heterocycles. The largest absolute Gasteiger partial charge is 0.481 e. The Balaban J connectivity index is 3.81. The fourth-order valence-corrected chi connectivity index (χ4v) is 0.820. The molecule has 2 amide bonds. The van der Waals surface area contributed by atoms with Crippen molar-refractivity contribution in [3.05, 3.63) is 0 Å². The first-order valence-corrected chi connectivity index (χ1v) is 5.11. The normalized spacial score (nSPS) is 10.5. The van der Waals surface area contributed by atoms with Crippen LogP contribution in [0.15, 0.2) is 0 Å². The van der Waals surface area contributed by atoms with E-state index in [0.717, 1.165) is 0 Å². The Bertz CT molecular complexity index is 301. The smallest absolute Gasteiger partial charge is 0.314 e. The number of methoxy groups -OCH3 is 1. The Hall–Kier alpha value is -1.79. The molecule has 0 radical (unpaired) electrons. The van der Waals surface area contributed by atoms with Crippen molar-refractivity contribution in [3.63, 3.8) is 0 Å². The number of hydrogen-bond acceptors (Lipinski definition) is 4. The highest BCUT2D eigenvalue weighted by Gasteiger charge is 2.27. The monoisotopic (exact) mass is 246 g/mol. The van der Waals surface area contributed by atoms with Gasteiger partial charge < -0.3 is 20.5 Å². The second-order valence-corrected chi connectivity index (χ2v) is 4.12. The molecule has 0 spiro atoms. The van der Waals surface area contributed by atoms with Crippen LogP contribution < -0.4 is 10.6 Å². The molecule has 7 nitrogen and oxygen atoms in total. The lowest BCUT2D eigenvalue weighted by atomic mass is 9.94. The third kappa shape index (κ3) is 6.39. The van der Waals surface area contributed by atoms with Gasteiger partial charge in [-0.1, -0.05) is 0 Å². The maximum atomic E-state index is 11.2. The van der Waals surface area contributed by atoms with Crippen molar-refractivity contribution < 1.29 is 24.2 Å². The van der Waals surface area contributed by atoms with Gasteiger partial charge in [-0.25, -0.2) is 4.79 Å². The van der Waals surface area contributed by atoms with E-state index in [1.54, 1.807) is 0 Å². The minimum atomic E-state index is -1.03. The lowest BCUT2D eigenvalue weighted by Gasteiger charge is -2.19. The first-order valence-electron chi connectivity index (χ1n) is 5.11. The molecule has 0 atom stereocenters. The van der Waals surface area contributed by atoms with Crippen LogP contribution in [0.3, 0.4) is 0 Å². The number of ether oxygens (including phenoxy) is 1. The standard InChI is InChI=1S/C10H18N2O5/c1-10(2,8(14)15)6-12-9(16)11-5-4-7(13)17-3/h4-6H2,1-3H3,(H,14,15)(H2,11,12,16). The predicted octanol–water partition coefficient (Wildman–Crippen LogP) is -0.0405. The van der Waals surface area contributed by atoms with Gasteiger partial charge >= 0.3 is 18.0 Å². The minimum absolute atomic E-state index is 0.00634. The summed E-state index contributed by atoms with van der Waals surface area (Å²) in [5.41, 5.74) is -1.03. The number of nitrogens with one attached hydrogen (secondary N) is 2. The summed E-state index contributed by atoms with van der Waals surface area (Å²) in [6.07, 6.45) is 0.0756. The van der Waals surface area contributed by atoms with E-state index in [-0.39, 0.29) is 19.5 Å². The molecule has 0 rings (SSSR count). The van der Waals surface area contributed by atoms with E-state index >= 15 is 0 Å². The van der Waals surface area contributed by atoms with Crippen molar-refractivity contribution in [2.24, 2.45) is 5.41 Å². The Labute approximate surface area is 99.5 Å². The Kier molecular flexibility index (Phi) is 6.01. The average Bonchev–Trinajstić information content (AvgIpc) is 2.26. The zero-order chi connectivity index (χ0) is 13.5. The van der Waals surface area contributed by atoms with Crippen LogP contribution in [-0.4, -0.2) is 43.3 Å². The van der Waals surface area contributed by atoms with Gasteiger partial charge in [0, 0.05) is 13.1 Å². The van der Waals surface area contributed by atoms with Crippen LogP contribution in [0.4, 0.5) is 4.79 Å². The summed E-state index contributed by atoms with van der Waals surface area (Å²) in [5, 5.41) is 13.6. The number of carboxylic acids is 1. The summed E-state index contributed by atoms with van der Waals surface area (Å²) in [6, 6.07) is -0.511. The number of esters is 1. The second kappa shape index (κ2) is 6.72. The lowest BCUT2D eigenvalue weighted by molar-refractivity contribution is -0.146. The third-order valence-corrected chi connectivity index (χ3v) is 2.11. The summed E-state index contributed by atoms with van der Waals surface area (Å²) in [5.74, 6) is -1.41. The van der Waals surface area contributed by atoms with Crippen LogP contribution >= 0.6 is 0 Å². The maximum Gasteiger partial charge on any atom is 0.314 e. The molecule has 0 fully saturated rings. The van der Waals surface area contributed by atoms with E-state index in [9.17, 15) is 14.4 Å². The highest BCUT2D eigenvalue weighted by molar-refractivity contribution is 5.78. The molecule has 98 valence electrons. The first kappa shape index (κ1) is 15.2. The van der Waals surface area contributed by atoms with E-state index in [0.29, 0.717) is 0 Å². The molecular formula is C10H18N2O5. The minimum Gasteiger partial charge on any atom is -0.481 e. The van der Waals surface area contributed by atoms with E-state index in [1.165, 1.54) is 21.0 Å². The van der Waals surface area contributed by atoms with Crippen molar-refractivity contribution in [2.45, 2.75) is 20.3 Å². The highest BCUT2D eigenvalue weighted by atomic mass is 16.5. The van der Waals surface area contributed by atoms with E-state index in [1.807, 2.05) is 0 Å². The Morgan fingerprint density at radius 1 is 1.24 bits per heavy atom. The fraction of sp³-hybridized carbons (Fsp3) is 0.700. The predicted molar refractivity (Wildman–Crippen MR) is 59.5 cm³/mol. The number of amides is 2. The fourth-order valence-electron chi connectivity index (χ4n) is 0.820. The average molecular weight is 246 g/mol. The molecule has 17 heavy (non-hydrogen) atoms. The van der Waals surface area contributed by atoms with Gasteiger partial charge in [-0.05, 0) is 13.8 Å². The molecule has 0 aromatic rings. The zero-order valence-corrected chi connectivity index (χ0v) is 10.2. The zero-order valence-electron chi connectivity index (χ0n) is 10.2. The van der Waals surface area contributed by atoms with Crippen LogP contribution in [-0.2, 0) is 14.3 Å². The number of carbonyl (C=O) groups is 3. The number of rotatable bonds is 6. The maximum absolute atomic E-state index is 11.2. The van der Waals surface area contributed by atoms with Crippen LogP contribution in [0.25, 0.3) is 0 Å². The van der Waals surface area contributed by atoms with Crippen molar-refractivity contribution in [1.29, 1.82) is 0 Å². The summed E-state index contributed by atoms with van der Waals surface area (Å²) in [6.45, 7) is 3.16. The van der Waals surface area contributed by atoms with Crippen LogP contribution in [0.1, 0.15) is 20.3 Å². The molecular weight excluding hydrogens is 228 g/mol. The molecule has 0 saturated carbocycles. The molecule has 0 saturated heterocycles. The summed E-state index contributed by atoms with van der Waals surface area (Å²) in [7, 11) is 1.26. The molecule has 0 bridgehead atoms. The summed E-state index contributed by atoms with van der Waals surface area (Å²) >= 11 is 0.